The van der Waals surface area contributed by atoms with E-state index in [1.807, 2.05) is 24.3 Å². The van der Waals surface area contributed by atoms with Gasteiger partial charge >= 0.3 is 0 Å². The second-order valence-electron chi connectivity index (χ2n) is 5.92. The fourth-order valence-corrected chi connectivity index (χ4v) is 2.97. The molecule has 1 unspecified atom stereocenters. The standard InChI is InChI=1S/C19H16ClFN4/c20-17-5-1-15(2-6-17)9-10-19(11-22,12-25-14-23-13-24-25)16-3-7-18(21)8-4-16/h1-8,13-14H,9-10,12H2. The van der Waals surface area contributed by atoms with E-state index in [-0.39, 0.29) is 5.82 Å². The van der Waals surface area contributed by atoms with E-state index in [4.69, 9.17) is 11.6 Å². The Morgan fingerprint density at radius 3 is 2.44 bits per heavy atom. The summed E-state index contributed by atoms with van der Waals surface area (Å²) in [4.78, 5) is 3.94. The maximum atomic E-state index is 13.3. The maximum Gasteiger partial charge on any atom is 0.137 e. The lowest BCUT2D eigenvalue weighted by Crippen LogP contribution is -2.31. The number of nitriles is 1. The van der Waals surface area contributed by atoms with Crippen LogP contribution in [0.1, 0.15) is 17.5 Å². The summed E-state index contributed by atoms with van der Waals surface area (Å²) in [5.41, 5.74) is 1.02. The topological polar surface area (TPSA) is 54.5 Å². The Morgan fingerprint density at radius 2 is 1.84 bits per heavy atom. The normalized spacial score (nSPS) is 13.2. The zero-order valence-corrected chi connectivity index (χ0v) is 14.2. The van der Waals surface area contributed by atoms with E-state index in [1.165, 1.54) is 18.5 Å². The van der Waals surface area contributed by atoms with Crippen LogP contribution in [0, 0.1) is 17.1 Å². The lowest BCUT2D eigenvalue weighted by atomic mass is 9.77. The van der Waals surface area contributed by atoms with Crippen molar-refractivity contribution in [1.29, 1.82) is 5.26 Å². The highest BCUT2D eigenvalue weighted by Crippen LogP contribution is 2.31. The van der Waals surface area contributed by atoms with Gasteiger partial charge in [-0.05, 0) is 48.2 Å². The van der Waals surface area contributed by atoms with Crippen molar-refractivity contribution in [3.63, 3.8) is 0 Å². The average molecular weight is 355 g/mol. The van der Waals surface area contributed by atoms with Gasteiger partial charge in [0.1, 0.15) is 23.9 Å². The van der Waals surface area contributed by atoms with Crippen LogP contribution in [0.15, 0.2) is 61.2 Å². The van der Waals surface area contributed by atoms with Crippen LogP contribution in [0.4, 0.5) is 4.39 Å². The predicted molar refractivity (Wildman–Crippen MR) is 93.5 cm³/mol. The van der Waals surface area contributed by atoms with Crippen LogP contribution in [0.2, 0.25) is 5.02 Å². The predicted octanol–water partition coefficient (Wildman–Crippen LogP) is 4.16. The molecule has 4 nitrogen and oxygen atoms in total. The SMILES string of the molecule is N#CC(CCc1ccc(Cl)cc1)(Cn1cncn1)c1ccc(F)cc1. The van der Waals surface area contributed by atoms with E-state index in [0.29, 0.717) is 24.4 Å². The molecule has 3 rings (SSSR count). The van der Waals surface area contributed by atoms with Gasteiger partial charge in [-0.2, -0.15) is 10.4 Å². The summed E-state index contributed by atoms with van der Waals surface area (Å²) in [5, 5.41) is 14.8. The Labute approximate surface area is 150 Å². The van der Waals surface area contributed by atoms with Crippen LogP contribution in [0.3, 0.4) is 0 Å². The molecular formula is C19H16ClFN4. The molecule has 1 heterocycles. The van der Waals surface area contributed by atoms with Gasteiger partial charge in [0.15, 0.2) is 0 Å². The molecule has 0 spiro atoms. The summed E-state index contributed by atoms with van der Waals surface area (Å²) in [7, 11) is 0. The quantitative estimate of drug-likeness (QED) is 0.667. The van der Waals surface area contributed by atoms with Gasteiger partial charge in [-0.15, -0.1) is 0 Å². The molecule has 1 aromatic heterocycles. The van der Waals surface area contributed by atoms with Gasteiger partial charge in [0.25, 0.3) is 0 Å². The second kappa shape index (κ2) is 7.45. The minimum atomic E-state index is -0.832. The van der Waals surface area contributed by atoms with Gasteiger partial charge in [0, 0.05) is 5.02 Å². The summed E-state index contributed by atoms with van der Waals surface area (Å²) in [6, 6.07) is 16.1. The molecule has 0 aliphatic rings. The van der Waals surface area contributed by atoms with Crippen molar-refractivity contribution in [2.45, 2.75) is 24.8 Å². The Bertz CT molecular complexity index is 854. The first-order valence-electron chi connectivity index (χ1n) is 7.85. The number of rotatable bonds is 6. The first kappa shape index (κ1) is 17.1. The first-order valence-corrected chi connectivity index (χ1v) is 8.23. The Balaban J connectivity index is 1.91. The highest BCUT2D eigenvalue weighted by molar-refractivity contribution is 6.30. The zero-order chi connectivity index (χ0) is 17.7. The van der Waals surface area contributed by atoms with E-state index >= 15 is 0 Å². The molecule has 3 aromatic rings. The molecule has 0 amide bonds. The summed E-state index contributed by atoms with van der Waals surface area (Å²) < 4.78 is 15.0. The fourth-order valence-electron chi connectivity index (χ4n) is 2.84. The molecule has 126 valence electrons. The molecule has 0 saturated heterocycles. The summed E-state index contributed by atoms with van der Waals surface area (Å²) in [5.74, 6) is -0.325. The van der Waals surface area contributed by atoms with Crippen molar-refractivity contribution in [3.8, 4) is 6.07 Å². The maximum absolute atomic E-state index is 13.3. The van der Waals surface area contributed by atoms with Crippen molar-refractivity contribution in [1.82, 2.24) is 14.8 Å². The first-order chi connectivity index (χ1) is 12.1. The van der Waals surface area contributed by atoms with E-state index in [1.54, 1.807) is 23.1 Å². The number of benzene rings is 2. The van der Waals surface area contributed by atoms with Gasteiger partial charge in [0.2, 0.25) is 0 Å². The van der Waals surface area contributed by atoms with Gasteiger partial charge in [-0.1, -0.05) is 35.9 Å². The van der Waals surface area contributed by atoms with E-state index in [9.17, 15) is 9.65 Å². The molecule has 0 saturated carbocycles. The molecule has 0 bridgehead atoms. The minimum absolute atomic E-state index is 0.325. The Hall–Kier alpha value is -2.71. The lowest BCUT2D eigenvalue weighted by molar-refractivity contribution is 0.401. The molecule has 0 fully saturated rings. The van der Waals surface area contributed by atoms with Gasteiger partial charge < -0.3 is 0 Å². The van der Waals surface area contributed by atoms with Crippen molar-refractivity contribution in [2.75, 3.05) is 0 Å². The van der Waals surface area contributed by atoms with Crippen molar-refractivity contribution >= 4 is 11.6 Å². The lowest BCUT2D eigenvalue weighted by Gasteiger charge is -2.27. The van der Waals surface area contributed by atoms with E-state index in [0.717, 1.165) is 11.1 Å². The third-order valence-corrected chi connectivity index (χ3v) is 4.52. The number of hydrogen-bond donors (Lipinski definition) is 0. The third kappa shape index (κ3) is 4.04. The molecule has 0 aliphatic heterocycles. The Kier molecular flexibility index (Phi) is 5.11. The van der Waals surface area contributed by atoms with E-state index < -0.39 is 5.41 Å². The van der Waals surface area contributed by atoms with Gasteiger partial charge in [0.05, 0.1) is 12.6 Å². The summed E-state index contributed by atoms with van der Waals surface area (Å²) in [6.07, 6.45) is 4.28. The highest BCUT2D eigenvalue weighted by Gasteiger charge is 2.33. The van der Waals surface area contributed by atoms with Crippen molar-refractivity contribution < 1.29 is 4.39 Å². The Morgan fingerprint density at radius 1 is 1.12 bits per heavy atom. The van der Waals surface area contributed by atoms with Crippen LogP contribution < -0.4 is 0 Å². The van der Waals surface area contributed by atoms with Crippen LogP contribution in [-0.4, -0.2) is 14.8 Å². The molecule has 0 N–H and O–H groups in total. The molecular weight excluding hydrogens is 339 g/mol. The average Bonchev–Trinajstić information content (AvgIpc) is 3.13. The van der Waals surface area contributed by atoms with Crippen LogP contribution >= 0.6 is 11.6 Å². The largest absolute Gasteiger partial charge is 0.251 e. The number of halogens is 2. The second-order valence-corrected chi connectivity index (χ2v) is 6.36. The fraction of sp³-hybridized carbons (Fsp3) is 0.211. The van der Waals surface area contributed by atoms with Crippen molar-refractivity contribution in [3.05, 3.63) is 83.2 Å². The molecule has 0 aliphatic carbocycles. The van der Waals surface area contributed by atoms with E-state index in [2.05, 4.69) is 16.2 Å². The number of aryl methyl sites for hydroxylation is 1. The molecule has 1 atom stereocenters. The van der Waals surface area contributed by atoms with Crippen LogP contribution in [0.25, 0.3) is 0 Å². The molecule has 0 radical (unpaired) electrons. The monoisotopic (exact) mass is 354 g/mol. The number of aromatic nitrogens is 3. The number of nitrogens with zero attached hydrogens (tertiary/aromatic N) is 4. The van der Waals surface area contributed by atoms with Gasteiger partial charge in [-0.25, -0.2) is 9.37 Å². The zero-order valence-electron chi connectivity index (χ0n) is 13.4. The highest BCUT2D eigenvalue weighted by atomic mass is 35.5. The summed E-state index contributed by atoms with van der Waals surface area (Å²) in [6.45, 7) is 0.350. The minimum Gasteiger partial charge on any atom is -0.251 e. The van der Waals surface area contributed by atoms with Crippen LogP contribution in [0.5, 0.6) is 0 Å². The number of hydrogen-bond acceptors (Lipinski definition) is 3. The molecule has 2 aromatic carbocycles. The molecule has 6 heteroatoms. The smallest absolute Gasteiger partial charge is 0.137 e. The summed E-state index contributed by atoms with van der Waals surface area (Å²) >= 11 is 5.93. The van der Waals surface area contributed by atoms with Crippen LogP contribution in [-0.2, 0) is 18.4 Å². The van der Waals surface area contributed by atoms with Crippen molar-refractivity contribution in [2.24, 2.45) is 0 Å². The third-order valence-electron chi connectivity index (χ3n) is 4.26. The molecule has 25 heavy (non-hydrogen) atoms. The van der Waals surface area contributed by atoms with Gasteiger partial charge in [-0.3, -0.25) is 4.68 Å².